The minimum Gasteiger partial charge on any atom is -0.469 e. The molecule has 1 saturated heterocycles. The van der Waals surface area contributed by atoms with Crippen molar-refractivity contribution in [1.29, 1.82) is 0 Å². The Morgan fingerprint density at radius 1 is 0.692 bits per heavy atom. The van der Waals surface area contributed by atoms with Crippen LogP contribution in [0.5, 0.6) is 0 Å². The van der Waals surface area contributed by atoms with Crippen molar-refractivity contribution in [2.24, 2.45) is 0 Å². The molecule has 0 aliphatic carbocycles. The minimum atomic E-state index is -0.0616. The van der Waals surface area contributed by atoms with Gasteiger partial charge in [0.1, 0.15) is 0 Å². The summed E-state index contributed by atoms with van der Waals surface area (Å²) >= 11 is 2.25. The Kier molecular flexibility index (Phi) is 15.6. The van der Waals surface area contributed by atoms with E-state index in [2.05, 4.69) is 23.4 Å². The average molecular weight is 385 g/mol. The zero-order valence-corrected chi connectivity index (χ0v) is 18.4. The summed E-state index contributed by atoms with van der Waals surface area (Å²) in [4.78, 5) is 11.0. The van der Waals surface area contributed by atoms with E-state index in [9.17, 15) is 4.79 Å². The molecule has 3 heteroatoms. The van der Waals surface area contributed by atoms with Gasteiger partial charge >= 0.3 is 5.97 Å². The SMILES string of the molecule is CCCCCCCCCCC1SC1CCCCCCCCCC(=O)OC. The minimum absolute atomic E-state index is 0.0616. The van der Waals surface area contributed by atoms with Crippen molar-refractivity contribution in [3.05, 3.63) is 0 Å². The van der Waals surface area contributed by atoms with E-state index >= 15 is 0 Å². The monoisotopic (exact) mass is 384 g/mol. The summed E-state index contributed by atoms with van der Waals surface area (Å²) in [5, 5.41) is 2.01. The van der Waals surface area contributed by atoms with E-state index in [-0.39, 0.29) is 5.97 Å². The fraction of sp³-hybridized carbons (Fsp3) is 0.957. The number of esters is 1. The molecule has 2 nitrogen and oxygen atoms in total. The number of unbranched alkanes of at least 4 members (excludes halogenated alkanes) is 13. The third kappa shape index (κ3) is 13.9. The van der Waals surface area contributed by atoms with Gasteiger partial charge in [-0.15, -0.1) is 0 Å². The van der Waals surface area contributed by atoms with Crippen LogP contribution >= 0.6 is 11.8 Å². The molecule has 0 amide bonds. The van der Waals surface area contributed by atoms with Gasteiger partial charge in [-0.25, -0.2) is 0 Å². The fourth-order valence-corrected chi connectivity index (χ4v) is 5.00. The molecule has 0 saturated carbocycles. The smallest absolute Gasteiger partial charge is 0.305 e. The van der Waals surface area contributed by atoms with Crippen molar-refractivity contribution in [2.75, 3.05) is 7.11 Å². The fourth-order valence-electron chi connectivity index (χ4n) is 3.77. The lowest BCUT2D eigenvalue weighted by Crippen LogP contribution is -1.99. The van der Waals surface area contributed by atoms with Crippen LogP contribution in [0.15, 0.2) is 0 Å². The normalized spacial score (nSPS) is 18.8. The molecule has 1 fully saturated rings. The van der Waals surface area contributed by atoms with Crippen molar-refractivity contribution >= 4 is 17.7 Å². The van der Waals surface area contributed by atoms with Crippen LogP contribution in [0.25, 0.3) is 0 Å². The van der Waals surface area contributed by atoms with Gasteiger partial charge in [0.05, 0.1) is 7.11 Å². The second kappa shape index (κ2) is 17.0. The topological polar surface area (TPSA) is 26.3 Å². The molecule has 0 aromatic heterocycles. The summed E-state index contributed by atoms with van der Waals surface area (Å²) in [6.45, 7) is 2.29. The van der Waals surface area contributed by atoms with Gasteiger partial charge in [-0.05, 0) is 19.3 Å². The summed E-state index contributed by atoms with van der Waals surface area (Å²) in [6.07, 6.45) is 24.0. The third-order valence-electron chi connectivity index (χ3n) is 5.63. The Balaban J connectivity index is 1.74. The molecule has 0 bridgehead atoms. The van der Waals surface area contributed by atoms with Gasteiger partial charge in [0.15, 0.2) is 0 Å². The van der Waals surface area contributed by atoms with Crippen LogP contribution in [0.1, 0.15) is 122 Å². The van der Waals surface area contributed by atoms with Gasteiger partial charge in [0, 0.05) is 16.9 Å². The molecule has 2 atom stereocenters. The van der Waals surface area contributed by atoms with Crippen molar-refractivity contribution in [2.45, 2.75) is 133 Å². The predicted octanol–water partition coefficient (Wildman–Crippen LogP) is 7.69. The first-order valence-corrected chi connectivity index (χ1v) is 12.4. The van der Waals surface area contributed by atoms with Crippen LogP contribution in [-0.2, 0) is 9.53 Å². The van der Waals surface area contributed by atoms with Crippen LogP contribution < -0.4 is 0 Å². The number of carbonyl (C=O) groups is 1. The second-order valence-electron chi connectivity index (χ2n) is 8.07. The molecule has 1 rings (SSSR count). The molecular weight excluding hydrogens is 340 g/mol. The largest absolute Gasteiger partial charge is 0.469 e. The lowest BCUT2D eigenvalue weighted by Gasteiger charge is -2.03. The highest BCUT2D eigenvalue weighted by molar-refractivity contribution is 8.07. The Bertz CT molecular complexity index is 332. The van der Waals surface area contributed by atoms with Crippen LogP contribution in [0.2, 0.25) is 0 Å². The molecule has 1 heterocycles. The Labute approximate surface area is 167 Å². The second-order valence-corrected chi connectivity index (χ2v) is 9.55. The first-order chi connectivity index (χ1) is 12.8. The zero-order chi connectivity index (χ0) is 18.9. The Hall–Kier alpha value is -0.180. The van der Waals surface area contributed by atoms with Gasteiger partial charge in [0.2, 0.25) is 0 Å². The maximum absolute atomic E-state index is 11.0. The number of hydrogen-bond acceptors (Lipinski definition) is 3. The van der Waals surface area contributed by atoms with E-state index in [1.54, 1.807) is 0 Å². The molecule has 0 aromatic carbocycles. The molecule has 0 N–H and O–H groups in total. The van der Waals surface area contributed by atoms with E-state index in [0.717, 1.165) is 16.9 Å². The van der Waals surface area contributed by atoms with E-state index < -0.39 is 0 Å². The van der Waals surface area contributed by atoms with E-state index in [0.29, 0.717) is 6.42 Å². The van der Waals surface area contributed by atoms with E-state index in [1.807, 2.05) is 0 Å². The Morgan fingerprint density at radius 3 is 1.58 bits per heavy atom. The Morgan fingerprint density at radius 2 is 1.12 bits per heavy atom. The quantitative estimate of drug-likeness (QED) is 0.130. The van der Waals surface area contributed by atoms with Crippen molar-refractivity contribution in [1.82, 2.24) is 0 Å². The van der Waals surface area contributed by atoms with Gasteiger partial charge in [0.25, 0.3) is 0 Å². The summed E-state index contributed by atoms with van der Waals surface area (Å²) in [5.41, 5.74) is 0. The van der Waals surface area contributed by atoms with Crippen LogP contribution in [0.4, 0.5) is 0 Å². The number of hydrogen-bond donors (Lipinski definition) is 0. The van der Waals surface area contributed by atoms with Crippen molar-refractivity contribution < 1.29 is 9.53 Å². The number of rotatable bonds is 19. The number of thioether (sulfide) groups is 1. The molecule has 0 spiro atoms. The maximum atomic E-state index is 11.0. The number of carbonyl (C=O) groups excluding carboxylic acids is 1. The molecule has 1 aliphatic heterocycles. The molecule has 2 unspecified atom stereocenters. The highest BCUT2D eigenvalue weighted by Gasteiger charge is 2.36. The predicted molar refractivity (Wildman–Crippen MR) is 116 cm³/mol. The molecule has 0 aromatic rings. The number of methoxy groups -OCH3 is 1. The number of ether oxygens (including phenoxy) is 1. The summed E-state index contributed by atoms with van der Waals surface area (Å²) in [7, 11) is 1.47. The van der Waals surface area contributed by atoms with Gasteiger partial charge in [-0.1, -0.05) is 96.8 Å². The van der Waals surface area contributed by atoms with Crippen LogP contribution in [0.3, 0.4) is 0 Å². The lowest BCUT2D eigenvalue weighted by molar-refractivity contribution is -0.140. The summed E-state index contributed by atoms with van der Waals surface area (Å²) < 4.78 is 4.66. The molecule has 0 radical (unpaired) electrons. The molecule has 1 aliphatic rings. The van der Waals surface area contributed by atoms with E-state index in [4.69, 9.17) is 0 Å². The maximum Gasteiger partial charge on any atom is 0.305 e. The van der Waals surface area contributed by atoms with Crippen molar-refractivity contribution in [3.8, 4) is 0 Å². The van der Waals surface area contributed by atoms with Gasteiger partial charge in [-0.2, -0.15) is 11.8 Å². The molecule has 26 heavy (non-hydrogen) atoms. The van der Waals surface area contributed by atoms with Gasteiger partial charge in [-0.3, -0.25) is 4.79 Å². The molecular formula is C23H44O2S. The highest BCUT2D eigenvalue weighted by Crippen LogP contribution is 2.47. The third-order valence-corrected chi connectivity index (χ3v) is 7.14. The summed E-state index contributed by atoms with van der Waals surface area (Å²) in [5.74, 6) is -0.0616. The lowest BCUT2D eigenvalue weighted by atomic mass is 10.0. The van der Waals surface area contributed by atoms with E-state index in [1.165, 1.54) is 110 Å². The van der Waals surface area contributed by atoms with Gasteiger partial charge < -0.3 is 4.74 Å². The standard InChI is InChI=1S/C23H44O2S/c1-3-4-5-6-7-9-12-15-18-21-22(26-21)19-16-13-10-8-11-14-17-20-23(24)25-2/h21-22H,3-20H2,1-2H3. The van der Waals surface area contributed by atoms with Crippen LogP contribution in [-0.4, -0.2) is 23.6 Å². The van der Waals surface area contributed by atoms with Crippen LogP contribution in [0, 0.1) is 0 Å². The van der Waals surface area contributed by atoms with Crippen molar-refractivity contribution in [3.63, 3.8) is 0 Å². The summed E-state index contributed by atoms with van der Waals surface area (Å²) in [6, 6.07) is 0. The zero-order valence-electron chi connectivity index (χ0n) is 17.6. The molecule has 154 valence electrons. The average Bonchev–Trinajstić information content (AvgIpc) is 3.40. The highest BCUT2D eigenvalue weighted by atomic mass is 32.2. The first kappa shape index (κ1) is 23.9. The first-order valence-electron chi connectivity index (χ1n) is 11.5.